The number of anilines is 2. The second-order valence-electron chi connectivity index (χ2n) is 11.7. The quantitative estimate of drug-likeness (QED) is 0.263. The summed E-state index contributed by atoms with van der Waals surface area (Å²) >= 11 is 6.69. The molecule has 1 saturated carbocycles. The zero-order valence-corrected chi connectivity index (χ0v) is 25.6. The zero-order valence-electron chi connectivity index (χ0n) is 24.8. The molecule has 1 aliphatic carbocycles. The van der Waals surface area contributed by atoms with E-state index >= 15 is 0 Å². The third-order valence-corrected chi connectivity index (χ3v) is 8.98. The van der Waals surface area contributed by atoms with Crippen LogP contribution in [0.2, 0.25) is 5.02 Å². The molecule has 1 aliphatic heterocycles. The van der Waals surface area contributed by atoms with Crippen molar-refractivity contribution in [1.29, 1.82) is 5.26 Å². The molecule has 3 heterocycles. The fourth-order valence-electron chi connectivity index (χ4n) is 6.30. The van der Waals surface area contributed by atoms with Crippen molar-refractivity contribution in [3.8, 4) is 6.07 Å². The Balaban J connectivity index is 1.48. The Morgan fingerprint density at radius 1 is 1.17 bits per heavy atom. The van der Waals surface area contributed by atoms with Crippen molar-refractivity contribution in [2.45, 2.75) is 69.5 Å². The highest BCUT2D eigenvalue weighted by atomic mass is 35.5. The van der Waals surface area contributed by atoms with Crippen LogP contribution in [0.3, 0.4) is 0 Å². The Hall–Kier alpha value is -4.89. The Kier molecular flexibility index (Phi) is 8.44. The molecule has 3 amide bonds. The number of nitrogens with one attached hydrogen (secondary N) is 2. The molecule has 0 radical (unpaired) electrons. The van der Waals surface area contributed by atoms with Gasteiger partial charge in [0.1, 0.15) is 17.9 Å². The number of H-pyrrole nitrogens is 1. The van der Waals surface area contributed by atoms with Crippen LogP contribution in [0.4, 0.5) is 20.3 Å². The van der Waals surface area contributed by atoms with Gasteiger partial charge in [0, 0.05) is 53.2 Å². The number of carbonyl (C=O) groups excluding carboxylic acids is 3. The maximum absolute atomic E-state index is 14.9. The second kappa shape index (κ2) is 12.5. The van der Waals surface area contributed by atoms with Gasteiger partial charge in [0.2, 0.25) is 17.7 Å². The van der Waals surface area contributed by atoms with Gasteiger partial charge in [-0.05, 0) is 62.1 Å². The number of pyridine rings is 1. The minimum Gasteiger partial charge on any atom is -0.351 e. The Bertz CT molecular complexity index is 1860. The maximum Gasteiger partial charge on any atom is 0.251 e. The monoisotopic (exact) mass is 645 g/mol. The van der Waals surface area contributed by atoms with Crippen molar-refractivity contribution in [2.24, 2.45) is 0 Å². The van der Waals surface area contributed by atoms with Gasteiger partial charge >= 0.3 is 0 Å². The van der Waals surface area contributed by atoms with E-state index in [0.29, 0.717) is 16.6 Å². The lowest BCUT2D eigenvalue weighted by molar-refractivity contribution is -0.128. The molecule has 13 heteroatoms. The summed E-state index contributed by atoms with van der Waals surface area (Å²) in [6, 6.07) is 12.1. The van der Waals surface area contributed by atoms with E-state index in [9.17, 15) is 28.4 Å². The first-order chi connectivity index (χ1) is 22.1. The Morgan fingerprint density at radius 3 is 2.67 bits per heavy atom. The lowest BCUT2D eigenvalue weighted by atomic mass is 9.91. The topological polar surface area (TPSA) is 135 Å². The normalized spacial score (nSPS) is 18.7. The average molecular weight is 646 g/mol. The molecule has 2 fully saturated rings. The van der Waals surface area contributed by atoms with E-state index in [2.05, 4.69) is 20.5 Å². The number of rotatable bonds is 7. The molecule has 4 aromatic rings. The second-order valence-corrected chi connectivity index (χ2v) is 12.1. The number of hydrogen-bond acceptors (Lipinski definition) is 6. The van der Waals surface area contributed by atoms with Gasteiger partial charge in [0.15, 0.2) is 0 Å². The predicted octanol–water partition coefficient (Wildman–Crippen LogP) is 5.76. The van der Waals surface area contributed by atoms with E-state index in [4.69, 9.17) is 11.6 Å². The van der Waals surface area contributed by atoms with Crippen molar-refractivity contribution < 1.29 is 23.2 Å². The largest absolute Gasteiger partial charge is 0.351 e. The van der Waals surface area contributed by atoms with Crippen LogP contribution in [0.15, 0.2) is 60.9 Å². The van der Waals surface area contributed by atoms with Crippen molar-refractivity contribution in [3.05, 3.63) is 82.6 Å². The van der Waals surface area contributed by atoms with Crippen LogP contribution in [-0.2, 0) is 14.4 Å². The number of benzene rings is 2. The number of carbonyl (C=O) groups is 3. The fourth-order valence-corrected chi connectivity index (χ4v) is 6.54. The molecule has 0 bridgehead atoms. The number of aromatic amines is 1. The number of aryl methyl sites for hydroxylation is 1. The smallest absolute Gasteiger partial charge is 0.251 e. The molecule has 0 unspecified atom stereocenters. The fraction of sp³-hybridized carbons (Fsp3) is 0.333. The zero-order chi connectivity index (χ0) is 32.6. The molecule has 2 N–H and O–H groups in total. The molecule has 2 aromatic carbocycles. The summed E-state index contributed by atoms with van der Waals surface area (Å²) in [4.78, 5) is 49.4. The molecule has 6 rings (SSSR count). The van der Waals surface area contributed by atoms with E-state index < -0.39 is 35.9 Å². The molecular formula is C33H30ClF2N7O3. The van der Waals surface area contributed by atoms with Crippen LogP contribution in [0, 0.1) is 18.3 Å². The minimum atomic E-state index is -2.79. The number of aromatic nitrogens is 3. The van der Waals surface area contributed by atoms with Crippen LogP contribution in [0.1, 0.15) is 61.3 Å². The van der Waals surface area contributed by atoms with E-state index in [1.807, 2.05) is 13.0 Å². The molecule has 0 spiro atoms. The first-order valence-corrected chi connectivity index (χ1v) is 15.3. The first kappa shape index (κ1) is 31.1. The van der Waals surface area contributed by atoms with Gasteiger partial charge in [-0.3, -0.25) is 29.3 Å². The Labute approximate surface area is 268 Å². The summed E-state index contributed by atoms with van der Waals surface area (Å²) in [5.74, 6) is -4.18. The molecular weight excluding hydrogens is 616 g/mol. The van der Waals surface area contributed by atoms with Gasteiger partial charge in [-0.25, -0.2) is 13.8 Å². The van der Waals surface area contributed by atoms with E-state index in [1.165, 1.54) is 28.1 Å². The number of hydrogen-bond donors (Lipinski definition) is 2. The average Bonchev–Trinajstić information content (AvgIpc) is 3.68. The van der Waals surface area contributed by atoms with E-state index in [1.54, 1.807) is 42.6 Å². The lowest BCUT2D eigenvalue weighted by Gasteiger charge is -2.37. The first-order valence-electron chi connectivity index (χ1n) is 14.9. The minimum absolute atomic E-state index is 0.0434. The van der Waals surface area contributed by atoms with Crippen LogP contribution in [0.25, 0.3) is 10.9 Å². The summed E-state index contributed by atoms with van der Waals surface area (Å²) in [6.45, 7) is 1.84. The number of nitriles is 1. The van der Waals surface area contributed by atoms with E-state index in [0.717, 1.165) is 11.1 Å². The molecule has 10 nitrogen and oxygen atoms in total. The van der Waals surface area contributed by atoms with Gasteiger partial charge in [-0.15, -0.1) is 0 Å². The van der Waals surface area contributed by atoms with Crippen LogP contribution >= 0.6 is 11.6 Å². The summed E-state index contributed by atoms with van der Waals surface area (Å²) in [6.07, 6.45) is 2.60. The summed E-state index contributed by atoms with van der Waals surface area (Å²) in [7, 11) is 0. The van der Waals surface area contributed by atoms with Crippen molar-refractivity contribution in [2.75, 3.05) is 9.80 Å². The number of amides is 3. The molecule has 2 aromatic heterocycles. The summed E-state index contributed by atoms with van der Waals surface area (Å²) in [5, 5.41) is 20.4. The SMILES string of the molecule is Cc1cc(N(C(=O)[C@@H]2CCC(=O)N2c2cc(C#N)ccn2)[C@H](C(=O)NC2CCC(F)(F)CC2)c2ccccc2Cl)cc2cn[nH]c12. The van der Waals surface area contributed by atoms with Gasteiger partial charge in [0.05, 0.1) is 23.3 Å². The van der Waals surface area contributed by atoms with Gasteiger partial charge < -0.3 is 5.32 Å². The van der Waals surface area contributed by atoms with Crippen molar-refractivity contribution >= 4 is 51.7 Å². The molecule has 46 heavy (non-hydrogen) atoms. The summed E-state index contributed by atoms with van der Waals surface area (Å²) in [5.41, 5.74) is 2.43. The van der Waals surface area contributed by atoms with Crippen LogP contribution in [0.5, 0.6) is 0 Å². The highest BCUT2D eigenvalue weighted by Gasteiger charge is 2.45. The van der Waals surface area contributed by atoms with Gasteiger partial charge in [0.25, 0.3) is 5.91 Å². The number of fused-ring (bicyclic) bond motifs is 1. The Morgan fingerprint density at radius 2 is 1.93 bits per heavy atom. The van der Waals surface area contributed by atoms with Crippen LogP contribution in [-0.4, -0.2) is 50.9 Å². The number of halogens is 3. The van der Waals surface area contributed by atoms with Gasteiger partial charge in [-0.1, -0.05) is 29.8 Å². The van der Waals surface area contributed by atoms with Crippen molar-refractivity contribution in [3.63, 3.8) is 0 Å². The predicted molar refractivity (Wildman–Crippen MR) is 167 cm³/mol. The highest BCUT2D eigenvalue weighted by Crippen LogP contribution is 2.38. The van der Waals surface area contributed by atoms with Gasteiger partial charge in [-0.2, -0.15) is 10.4 Å². The number of nitrogens with zero attached hydrogens (tertiary/aromatic N) is 5. The maximum atomic E-state index is 14.9. The highest BCUT2D eigenvalue weighted by molar-refractivity contribution is 6.31. The molecule has 2 atom stereocenters. The van der Waals surface area contributed by atoms with Crippen molar-refractivity contribution in [1.82, 2.24) is 20.5 Å². The summed E-state index contributed by atoms with van der Waals surface area (Å²) < 4.78 is 27.9. The van der Waals surface area contributed by atoms with Crippen LogP contribution < -0.4 is 15.1 Å². The third kappa shape index (κ3) is 6.02. The standard InChI is InChI=1S/C33H30ClF2N7O3/c1-19-14-23(16-21-18-39-41-29(19)21)42(32(46)26-6-7-28(44)43(26)27-15-20(17-37)10-13-38-27)30(24-4-2-3-5-25(24)34)31(45)40-22-8-11-33(35,36)12-9-22/h2-5,10,13-16,18,22,26,30H,6-9,11-12H2,1H3,(H,39,41)(H,40,45)/t26-,30-/m0/s1. The molecule has 236 valence electrons. The van der Waals surface area contributed by atoms with E-state index in [-0.39, 0.29) is 60.8 Å². The lowest BCUT2D eigenvalue weighted by Crippen LogP contribution is -2.53. The number of alkyl halides is 2. The molecule has 1 saturated heterocycles. The third-order valence-electron chi connectivity index (χ3n) is 8.63. The molecule has 2 aliphatic rings.